The van der Waals surface area contributed by atoms with E-state index in [-0.39, 0.29) is 11.4 Å². The Kier molecular flexibility index (Phi) is 5.82. The van der Waals surface area contributed by atoms with Crippen molar-refractivity contribution in [3.63, 3.8) is 0 Å². The van der Waals surface area contributed by atoms with Crippen LogP contribution in [0.1, 0.15) is 16.1 Å². The van der Waals surface area contributed by atoms with E-state index in [2.05, 4.69) is 10.4 Å². The first-order chi connectivity index (χ1) is 13.9. The van der Waals surface area contributed by atoms with E-state index in [0.29, 0.717) is 22.9 Å². The number of carbonyl (C=O) groups excluding carboxylic acids is 1. The monoisotopic (exact) mass is 395 g/mol. The maximum Gasteiger partial charge on any atom is 0.280 e. The maximum absolute atomic E-state index is 12.9. The minimum Gasteiger partial charge on any atom is -0.497 e. The van der Waals surface area contributed by atoms with Crippen LogP contribution >= 0.6 is 0 Å². The van der Waals surface area contributed by atoms with Crippen LogP contribution in [-0.4, -0.2) is 37.0 Å². The molecule has 3 aromatic rings. The van der Waals surface area contributed by atoms with Gasteiger partial charge < -0.3 is 19.5 Å². The number of amides is 1. The summed E-state index contributed by atoms with van der Waals surface area (Å²) in [6.07, 6.45) is 0. The molecule has 2 aromatic carbocycles. The fourth-order valence-electron chi connectivity index (χ4n) is 2.69. The van der Waals surface area contributed by atoms with Crippen LogP contribution in [-0.2, 0) is 0 Å². The second kappa shape index (κ2) is 8.47. The molecule has 0 spiro atoms. The van der Waals surface area contributed by atoms with E-state index in [1.807, 2.05) is 19.1 Å². The normalized spacial score (nSPS) is 10.3. The summed E-state index contributed by atoms with van der Waals surface area (Å²) < 4.78 is 16.8. The summed E-state index contributed by atoms with van der Waals surface area (Å²) in [7, 11) is 4.41. The molecule has 0 fully saturated rings. The number of nitrogens with one attached hydrogen (secondary N) is 1. The molecule has 0 unspecified atom stereocenters. The van der Waals surface area contributed by atoms with Crippen molar-refractivity contribution >= 4 is 11.6 Å². The minimum atomic E-state index is -0.544. The van der Waals surface area contributed by atoms with Gasteiger partial charge >= 0.3 is 0 Å². The Morgan fingerprint density at radius 1 is 0.931 bits per heavy atom. The summed E-state index contributed by atoms with van der Waals surface area (Å²) in [5.41, 5.74) is 1.59. The number of hydrogen-bond donors (Lipinski definition) is 1. The van der Waals surface area contributed by atoms with Gasteiger partial charge in [0, 0.05) is 23.9 Å². The Morgan fingerprint density at radius 3 is 2.10 bits per heavy atom. The zero-order valence-electron chi connectivity index (χ0n) is 16.6. The summed E-state index contributed by atoms with van der Waals surface area (Å²) in [5.74, 6) is 0.567. The zero-order chi connectivity index (χ0) is 21.0. The SMILES string of the molecule is COc1cc(NC(=O)c2nn(-c3ccc(C)cc3)c(=O)cc2OC)cc(OC)c1. The number of anilines is 1. The van der Waals surface area contributed by atoms with Crippen molar-refractivity contribution in [1.29, 1.82) is 0 Å². The predicted octanol–water partition coefficient (Wildman–Crippen LogP) is 2.82. The molecule has 3 rings (SSSR count). The summed E-state index contributed by atoms with van der Waals surface area (Å²) in [5, 5.41) is 6.96. The van der Waals surface area contributed by atoms with Crippen molar-refractivity contribution in [2.75, 3.05) is 26.6 Å². The van der Waals surface area contributed by atoms with Crippen LogP contribution in [0.5, 0.6) is 17.2 Å². The number of nitrogens with zero attached hydrogens (tertiary/aromatic N) is 2. The first-order valence-corrected chi connectivity index (χ1v) is 8.75. The van der Waals surface area contributed by atoms with Gasteiger partial charge in [0.2, 0.25) is 0 Å². The smallest absolute Gasteiger partial charge is 0.280 e. The van der Waals surface area contributed by atoms with E-state index in [9.17, 15) is 9.59 Å². The molecule has 0 aliphatic heterocycles. The van der Waals surface area contributed by atoms with Crippen LogP contribution in [0.25, 0.3) is 5.69 Å². The molecule has 1 heterocycles. The van der Waals surface area contributed by atoms with Gasteiger partial charge in [0.25, 0.3) is 11.5 Å². The van der Waals surface area contributed by atoms with Crippen LogP contribution < -0.4 is 25.1 Å². The standard InChI is InChI=1S/C21H21N3O5/c1-13-5-7-15(8-6-13)24-19(25)12-18(29-4)20(23-24)21(26)22-14-9-16(27-2)11-17(10-14)28-3/h5-12H,1-4H3,(H,22,26). The molecule has 0 atom stereocenters. The van der Waals surface area contributed by atoms with Gasteiger partial charge in [-0.1, -0.05) is 17.7 Å². The Bertz CT molecular complexity index is 1070. The number of rotatable bonds is 6. The molecule has 150 valence electrons. The molecule has 0 saturated heterocycles. The van der Waals surface area contributed by atoms with Crippen LogP contribution in [0.4, 0.5) is 5.69 Å². The van der Waals surface area contributed by atoms with E-state index in [4.69, 9.17) is 14.2 Å². The lowest BCUT2D eigenvalue weighted by Crippen LogP contribution is -2.26. The summed E-state index contributed by atoms with van der Waals surface area (Å²) >= 11 is 0. The highest BCUT2D eigenvalue weighted by Crippen LogP contribution is 2.26. The van der Waals surface area contributed by atoms with E-state index in [1.165, 1.54) is 27.4 Å². The van der Waals surface area contributed by atoms with Crippen molar-refractivity contribution in [3.05, 3.63) is 70.1 Å². The summed E-state index contributed by atoms with van der Waals surface area (Å²) in [6, 6.07) is 13.4. The van der Waals surface area contributed by atoms with Gasteiger partial charge in [-0.3, -0.25) is 9.59 Å². The molecule has 1 aromatic heterocycles. The van der Waals surface area contributed by atoms with E-state index in [0.717, 1.165) is 10.2 Å². The Morgan fingerprint density at radius 2 is 1.55 bits per heavy atom. The highest BCUT2D eigenvalue weighted by molar-refractivity contribution is 6.04. The van der Waals surface area contributed by atoms with Crippen molar-refractivity contribution in [2.45, 2.75) is 6.92 Å². The molecular formula is C21H21N3O5. The third-order valence-corrected chi connectivity index (χ3v) is 4.22. The topological polar surface area (TPSA) is 91.7 Å². The van der Waals surface area contributed by atoms with Gasteiger partial charge in [0.05, 0.1) is 33.1 Å². The Hall–Kier alpha value is -3.81. The van der Waals surface area contributed by atoms with E-state index < -0.39 is 11.5 Å². The molecular weight excluding hydrogens is 374 g/mol. The third-order valence-electron chi connectivity index (χ3n) is 4.22. The van der Waals surface area contributed by atoms with Gasteiger partial charge in [-0.15, -0.1) is 0 Å². The van der Waals surface area contributed by atoms with E-state index in [1.54, 1.807) is 30.3 Å². The molecule has 8 heteroatoms. The lowest BCUT2D eigenvalue weighted by Gasteiger charge is -2.13. The first-order valence-electron chi connectivity index (χ1n) is 8.75. The highest BCUT2D eigenvalue weighted by Gasteiger charge is 2.19. The van der Waals surface area contributed by atoms with Crippen LogP contribution in [0.15, 0.2) is 53.3 Å². The van der Waals surface area contributed by atoms with Gasteiger partial charge in [-0.05, 0) is 19.1 Å². The second-order valence-electron chi connectivity index (χ2n) is 6.20. The van der Waals surface area contributed by atoms with Gasteiger partial charge in [-0.25, -0.2) is 0 Å². The van der Waals surface area contributed by atoms with Gasteiger partial charge in [0.1, 0.15) is 11.5 Å². The summed E-state index contributed by atoms with van der Waals surface area (Å²) in [4.78, 5) is 25.3. The molecule has 29 heavy (non-hydrogen) atoms. The number of hydrogen-bond acceptors (Lipinski definition) is 6. The van der Waals surface area contributed by atoms with Gasteiger partial charge in [0.15, 0.2) is 11.4 Å². The van der Waals surface area contributed by atoms with Crippen LogP contribution in [0.3, 0.4) is 0 Å². The Labute approximate surface area is 167 Å². The highest BCUT2D eigenvalue weighted by atomic mass is 16.5. The number of ether oxygens (including phenoxy) is 3. The number of methoxy groups -OCH3 is 3. The van der Waals surface area contributed by atoms with Crippen LogP contribution in [0, 0.1) is 6.92 Å². The van der Waals surface area contributed by atoms with Crippen molar-refractivity contribution in [2.24, 2.45) is 0 Å². The molecule has 1 N–H and O–H groups in total. The molecule has 0 bridgehead atoms. The number of aromatic nitrogens is 2. The van der Waals surface area contributed by atoms with Crippen molar-refractivity contribution in [3.8, 4) is 22.9 Å². The number of benzene rings is 2. The second-order valence-corrected chi connectivity index (χ2v) is 6.20. The van der Waals surface area contributed by atoms with Gasteiger partial charge in [-0.2, -0.15) is 9.78 Å². The summed E-state index contributed by atoms with van der Waals surface area (Å²) in [6.45, 7) is 1.94. The maximum atomic E-state index is 12.9. The number of aryl methyl sites for hydroxylation is 1. The fourth-order valence-corrected chi connectivity index (χ4v) is 2.69. The largest absolute Gasteiger partial charge is 0.497 e. The fraction of sp³-hybridized carbons (Fsp3) is 0.190. The zero-order valence-corrected chi connectivity index (χ0v) is 16.6. The first kappa shape index (κ1) is 19.9. The average molecular weight is 395 g/mol. The molecule has 0 aliphatic rings. The average Bonchev–Trinajstić information content (AvgIpc) is 2.73. The number of carbonyl (C=O) groups is 1. The molecule has 1 amide bonds. The van der Waals surface area contributed by atoms with E-state index >= 15 is 0 Å². The molecule has 0 saturated carbocycles. The molecule has 8 nitrogen and oxygen atoms in total. The van der Waals surface area contributed by atoms with Crippen molar-refractivity contribution in [1.82, 2.24) is 9.78 Å². The quantitative estimate of drug-likeness (QED) is 0.690. The lowest BCUT2D eigenvalue weighted by molar-refractivity contribution is 0.101. The Balaban J connectivity index is 2.01. The van der Waals surface area contributed by atoms with Crippen molar-refractivity contribution < 1.29 is 19.0 Å². The minimum absolute atomic E-state index is 0.0329. The van der Waals surface area contributed by atoms with Crippen LogP contribution in [0.2, 0.25) is 0 Å². The predicted molar refractivity (Wildman–Crippen MR) is 109 cm³/mol. The molecule has 0 aliphatic carbocycles. The lowest BCUT2D eigenvalue weighted by atomic mass is 10.2. The third kappa shape index (κ3) is 4.37. The molecule has 0 radical (unpaired) electrons.